The Balaban J connectivity index is -0.000000320. The SMILES string of the molecule is C.C=C/C(=C\N=C)CNC.[HH]. The highest BCUT2D eigenvalue weighted by atomic mass is 14.8. The molecule has 0 atom stereocenters. The Morgan fingerprint density at radius 2 is 2.40 bits per heavy atom. The van der Waals surface area contributed by atoms with E-state index in [4.69, 9.17) is 0 Å². The highest BCUT2D eigenvalue weighted by Crippen LogP contribution is 1.91. The zero-order chi connectivity index (χ0) is 7.11. The quantitative estimate of drug-likeness (QED) is 0.470. The molecule has 0 aliphatic heterocycles. The molecule has 0 aromatic carbocycles. The summed E-state index contributed by atoms with van der Waals surface area (Å²) in [5, 5.41) is 2.98. The number of nitrogens with one attached hydrogen (secondary N) is 1. The predicted molar refractivity (Wildman–Crippen MR) is 50.6 cm³/mol. The van der Waals surface area contributed by atoms with Gasteiger partial charge in [0, 0.05) is 14.2 Å². The number of hydrogen-bond acceptors (Lipinski definition) is 2. The van der Waals surface area contributed by atoms with Crippen molar-refractivity contribution in [3.63, 3.8) is 0 Å². The minimum atomic E-state index is 0. The second-order valence-corrected chi connectivity index (χ2v) is 1.62. The molecule has 0 aliphatic rings. The van der Waals surface area contributed by atoms with Gasteiger partial charge in [0.15, 0.2) is 0 Å². The van der Waals surface area contributed by atoms with Gasteiger partial charge in [-0.05, 0) is 19.3 Å². The van der Waals surface area contributed by atoms with Crippen LogP contribution in [0.3, 0.4) is 0 Å². The van der Waals surface area contributed by atoms with Crippen molar-refractivity contribution in [2.45, 2.75) is 7.43 Å². The molecule has 0 saturated carbocycles. The summed E-state index contributed by atoms with van der Waals surface area (Å²) in [7, 11) is 1.88. The van der Waals surface area contributed by atoms with Gasteiger partial charge in [-0.25, -0.2) is 0 Å². The van der Waals surface area contributed by atoms with Crippen LogP contribution in [-0.2, 0) is 0 Å². The average Bonchev–Trinajstić information content (AvgIpc) is 1.88. The molecule has 0 rings (SSSR count). The van der Waals surface area contributed by atoms with Crippen molar-refractivity contribution in [3.05, 3.63) is 24.4 Å². The smallest absolute Gasteiger partial charge is 0.0305 e. The Morgan fingerprint density at radius 1 is 1.80 bits per heavy atom. The highest BCUT2D eigenvalue weighted by molar-refractivity contribution is 5.28. The first-order chi connectivity index (χ1) is 4.35. The first-order valence-corrected chi connectivity index (χ1v) is 2.77. The van der Waals surface area contributed by atoms with E-state index in [-0.39, 0.29) is 8.85 Å². The fourth-order valence-corrected chi connectivity index (χ4v) is 0.492. The molecule has 0 spiro atoms. The summed E-state index contributed by atoms with van der Waals surface area (Å²) in [4.78, 5) is 3.60. The lowest BCUT2D eigenvalue weighted by molar-refractivity contribution is 0.893. The molecule has 0 saturated heterocycles. The lowest BCUT2D eigenvalue weighted by Gasteiger charge is -1.95. The molecule has 0 radical (unpaired) electrons. The summed E-state index contributed by atoms with van der Waals surface area (Å²) >= 11 is 0. The summed E-state index contributed by atoms with van der Waals surface area (Å²) in [6, 6.07) is 0. The standard InChI is InChI=1S/C7H12N2.CH4.H2/c1-4-7(5-8-2)6-9-3;;/h4-5,9H,1-2,6H2,3H3;1H4;1H/b7-5+;;. The van der Waals surface area contributed by atoms with Crippen molar-refractivity contribution >= 4 is 6.72 Å². The van der Waals surface area contributed by atoms with Gasteiger partial charge in [-0.2, -0.15) is 0 Å². The van der Waals surface area contributed by atoms with Crippen molar-refractivity contribution < 1.29 is 1.43 Å². The maximum absolute atomic E-state index is 3.60. The number of rotatable bonds is 4. The van der Waals surface area contributed by atoms with Crippen LogP contribution in [0.5, 0.6) is 0 Å². The van der Waals surface area contributed by atoms with Crippen molar-refractivity contribution in [2.24, 2.45) is 4.99 Å². The summed E-state index contributed by atoms with van der Waals surface area (Å²) in [5.41, 5.74) is 1.05. The van der Waals surface area contributed by atoms with Crippen LogP contribution < -0.4 is 5.32 Å². The fraction of sp³-hybridized carbons (Fsp3) is 0.375. The van der Waals surface area contributed by atoms with E-state index in [0.29, 0.717) is 0 Å². The Hall–Kier alpha value is -0.890. The van der Waals surface area contributed by atoms with Crippen molar-refractivity contribution in [3.8, 4) is 0 Å². The van der Waals surface area contributed by atoms with Crippen LogP contribution in [0, 0.1) is 0 Å². The molecule has 0 aromatic rings. The van der Waals surface area contributed by atoms with Gasteiger partial charge in [-0.3, -0.25) is 4.99 Å². The minimum absolute atomic E-state index is 0. The molecule has 2 nitrogen and oxygen atoms in total. The van der Waals surface area contributed by atoms with Crippen molar-refractivity contribution in [1.82, 2.24) is 5.32 Å². The van der Waals surface area contributed by atoms with Gasteiger partial charge in [0.2, 0.25) is 0 Å². The van der Waals surface area contributed by atoms with Crippen LogP contribution in [0.15, 0.2) is 29.4 Å². The zero-order valence-electron chi connectivity index (χ0n) is 5.72. The molecule has 0 bridgehead atoms. The number of hydrogen-bond donors (Lipinski definition) is 1. The van der Waals surface area contributed by atoms with Crippen LogP contribution in [0.4, 0.5) is 0 Å². The second-order valence-electron chi connectivity index (χ2n) is 1.62. The topological polar surface area (TPSA) is 24.4 Å². The number of nitrogens with zero attached hydrogens (tertiary/aromatic N) is 1. The molecule has 0 unspecified atom stereocenters. The third-order valence-corrected chi connectivity index (χ3v) is 0.900. The number of likely N-dealkylation sites (N-methyl/N-ethyl adjacent to an activating group) is 1. The van der Waals surface area contributed by atoms with Gasteiger partial charge in [-0.1, -0.05) is 20.1 Å². The van der Waals surface area contributed by atoms with E-state index in [1.54, 1.807) is 12.3 Å². The third-order valence-electron chi connectivity index (χ3n) is 0.900. The molecular formula is C8H18N2. The molecule has 10 heavy (non-hydrogen) atoms. The summed E-state index contributed by atoms with van der Waals surface area (Å²) in [6.45, 7) is 7.73. The van der Waals surface area contributed by atoms with E-state index in [1.807, 2.05) is 7.05 Å². The largest absolute Gasteiger partial charge is 0.316 e. The summed E-state index contributed by atoms with van der Waals surface area (Å²) < 4.78 is 0. The monoisotopic (exact) mass is 142 g/mol. The van der Waals surface area contributed by atoms with E-state index >= 15 is 0 Å². The maximum atomic E-state index is 3.60. The highest BCUT2D eigenvalue weighted by Gasteiger charge is 1.84. The van der Waals surface area contributed by atoms with Crippen LogP contribution in [-0.4, -0.2) is 20.3 Å². The normalized spacial score (nSPS) is 9.90. The summed E-state index contributed by atoms with van der Waals surface area (Å²) in [5.74, 6) is 0. The Kier molecular flexibility index (Phi) is 9.61. The van der Waals surface area contributed by atoms with Gasteiger partial charge in [0.05, 0.1) is 0 Å². The van der Waals surface area contributed by atoms with E-state index in [0.717, 1.165) is 12.1 Å². The molecule has 0 aliphatic carbocycles. The van der Waals surface area contributed by atoms with Gasteiger partial charge >= 0.3 is 0 Å². The number of aliphatic imine (C=N–C) groups is 1. The molecule has 2 heteroatoms. The Morgan fingerprint density at radius 3 is 2.70 bits per heavy atom. The Labute approximate surface area is 64.9 Å². The van der Waals surface area contributed by atoms with Gasteiger partial charge in [0.1, 0.15) is 0 Å². The zero-order valence-corrected chi connectivity index (χ0v) is 5.72. The van der Waals surface area contributed by atoms with E-state index in [1.165, 1.54) is 0 Å². The molecule has 0 fully saturated rings. The second kappa shape index (κ2) is 8.11. The third kappa shape index (κ3) is 5.25. The van der Waals surface area contributed by atoms with Crippen LogP contribution in [0.25, 0.3) is 0 Å². The van der Waals surface area contributed by atoms with Gasteiger partial charge in [0.25, 0.3) is 0 Å². The molecule has 0 aromatic heterocycles. The van der Waals surface area contributed by atoms with Crippen LogP contribution >= 0.6 is 0 Å². The van der Waals surface area contributed by atoms with Crippen LogP contribution in [0.1, 0.15) is 8.85 Å². The predicted octanol–water partition coefficient (Wildman–Crippen LogP) is 1.86. The molecular weight excluding hydrogens is 124 g/mol. The first-order valence-electron chi connectivity index (χ1n) is 2.77. The van der Waals surface area contributed by atoms with Gasteiger partial charge < -0.3 is 5.32 Å². The Bertz CT molecular complexity index is 130. The maximum Gasteiger partial charge on any atom is 0.0305 e. The van der Waals surface area contributed by atoms with E-state index in [9.17, 15) is 0 Å². The lowest BCUT2D eigenvalue weighted by Crippen LogP contribution is -2.08. The minimum Gasteiger partial charge on any atom is -0.316 e. The van der Waals surface area contributed by atoms with E-state index < -0.39 is 0 Å². The first kappa shape index (κ1) is 11.9. The van der Waals surface area contributed by atoms with Gasteiger partial charge in [-0.15, -0.1) is 0 Å². The lowest BCUT2D eigenvalue weighted by atomic mass is 10.3. The molecule has 0 amide bonds. The van der Waals surface area contributed by atoms with E-state index in [2.05, 4.69) is 23.6 Å². The fourth-order valence-electron chi connectivity index (χ4n) is 0.492. The molecule has 0 heterocycles. The van der Waals surface area contributed by atoms with Crippen LogP contribution in [0.2, 0.25) is 0 Å². The average molecular weight is 142 g/mol. The molecule has 1 N–H and O–H groups in total. The molecule has 60 valence electrons. The summed E-state index contributed by atoms with van der Waals surface area (Å²) in [6.07, 6.45) is 3.44. The van der Waals surface area contributed by atoms with Crippen molar-refractivity contribution in [1.29, 1.82) is 0 Å². The van der Waals surface area contributed by atoms with Crippen molar-refractivity contribution in [2.75, 3.05) is 13.6 Å².